The van der Waals surface area contributed by atoms with Crippen molar-refractivity contribution in [1.29, 1.82) is 0 Å². The molecule has 4 nitrogen and oxygen atoms in total. The van der Waals surface area contributed by atoms with Crippen molar-refractivity contribution < 1.29 is 0 Å². The lowest BCUT2D eigenvalue weighted by molar-refractivity contribution is 0.287. The van der Waals surface area contributed by atoms with Crippen LogP contribution >= 0.6 is 0 Å². The van der Waals surface area contributed by atoms with Crippen LogP contribution in [0.2, 0.25) is 0 Å². The number of hydrogen-bond donors (Lipinski definition) is 0. The van der Waals surface area contributed by atoms with Crippen molar-refractivity contribution >= 4 is 0 Å². The summed E-state index contributed by atoms with van der Waals surface area (Å²) in [5.41, 5.74) is 2.51. The van der Waals surface area contributed by atoms with Crippen LogP contribution in [0.1, 0.15) is 25.4 Å². The average molecular weight is 299 g/mol. The van der Waals surface area contributed by atoms with Crippen molar-refractivity contribution in [1.82, 2.24) is 14.5 Å². The summed E-state index contributed by atoms with van der Waals surface area (Å²) in [7, 11) is 0. The molecule has 2 rings (SSSR count). The molecule has 0 aliphatic heterocycles. The molecule has 0 N–H and O–H groups in total. The highest BCUT2D eigenvalue weighted by atomic mass is 16.1. The second kappa shape index (κ2) is 7.36. The quantitative estimate of drug-likeness (QED) is 0.823. The zero-order valence-corrected chi connectivity index (χ0v) is 14.0. The second-order valence-corrected chi connectivity index (χ2v) is 5.47. The van der Waals surface area contributed by atoms with E-state index in [0.717, 1.165) is 43.3 Å². The van der Waals surface area contributed by atoms with Gasteiger partial charge in [-0.3, -0.25) is 4.79 Å². The van der Waals surface area contributed by atoms with Crippen LogP contribution in [-0.2, 0) is 6.54 Å². The summed E-state index contributed by atoms with van der Waals surface area (Å²) >= 11 is 0. The summed E-state index contributed by atoms with van der Waals surface area (Å²) in [4.78, 5) is 18.9. The maximum Gasteiger partial charge on any atom is 0.281 e. The summed E-state index contributed by atoms with van der Waals surface area (Å²) in [5, 5.41) is 0. The lowest BCUT2D eigenvalue weighted by atomic mass is 10.1. The minimum absolute atomic E-state index is 0.139. The molecule has 0 fully saturated rings. The van der Waals surface area contributed by atoms with Gasteiger partial charge in [-0.25, -0.2) is 0 Å². The lowest BCUT2D eigenvalue weighted by Gasteiger charge is -2.22. The van der Waals surface area contributed by atoms with E-state index in [-0.39, 0.29) is 5.56 Å². The number of nitrogens with zero attached hydrogens (tertiary/aromatic N) is 3. The van der Waals surface area contributed by atoms with E-state index < -0.39 is 0 Å². The molecule has 22 heavy (non-hydrogen) atoms. The normalized spacial score (nSPS) is 11.1. The number of rotatable bonds is 6. The van der Waals surface area contributed by atoms with Crippen molar-refractivity contribution in [3.05, 3.63) is 52.2 Å². The Morgan fingerprint density at radius 2 is 1.73 bits per heavy atom. The van der Waals surface area contributed by atoms with Gasteiger partial charge in [-0.2, -0.15) is 4.98 Å². The van der Waals surface area contributed by atoms with Crippen LogP contribution in [0.5, 0.6) is 0 Å². The summed E-state index contributed by atoms with van der Waals surface area (Å²) < 4.78 is 2.15. The molecular weight excluding hydrogens is 274 g/mol. The van der Waals surface area contributed by atoms with Gasteiger partial charge in [0.15, 0.2) is 0 Å². The molecule has 0 spiro atoms. The first-order chi connectivity index (χ1) is 10.6. The van der Waals surface area contributed by atoms with Gasteiger partial charge in [0, 0.05) is 18.8 Å². The molecule has 118 valence electrons. The third-order valence-corrected chi connectivity index (χ3v) is 4.23. The SMILES string of the molecule is CCN(CC)CCn1c(C)nc(=O)c(-c2ccccc2)c1C. The van der Waals surface area contributed by atoms with Crippen LogP contribution in [0.3, 0.4) is 0 Å². The van der Waals surface area contributed by atoms with Crippen LogP contribution in [0.25, 0.3) is 11.1 Å². The molecule has 2 aromatic rings. The molecule has 0 saturated carbocycles. The van der Waals surface area contributed by atoms with E-state index in [9.17, 15) is 4.79 Å². The van der Waals surface area contributed by atoms with Crippen LogP contribution in [0.4, 0.5) is 0 Å². The van der Waals surface area contributed by atoms with Gasteiger partial charge in [0.1, 0.15) is 5.82 Å². The molecule has 4 heteroatoms. The van der Waals surface area contributed by atoms with E-state index in [0.29, 0.717) is 5.56 Å². The summed E-state index contributed by atoms with van der Waals surface area (Å²) in [6.45, 7) is 12.2. The number of aromatic nitrogens is 2. The van der Waals surface area contributed by atoms with E-state index in [1.165, 1.54) is 0 Å². The molecule has 0 radical (unpaired) electrons. The molecule has 1 aromatic heterocycles. The largest absolute Gasteiger partial charge is 0.332 e. The summed E-state index contributed by atoms with van der Waals surface area (Å²) in [6, 6.07) is 9.80. The molecule has 0 aliphatic rings. The zero-order chi connectivity index (χ0) is 16.1. The minimum atomic E-state index is -0.139. The predicted molar refractivity (Wildman–Crippen MR) is 91.2 cm³/mol. The Bertz CT molecular complexity index is 673. The highest BCUT2D eigenvalue weighted by Gasteiger charge is 2.13. The van der Waals surface area contributed by atoms with Crippen LogP contribution in [0, 0.1) is 13.8 Å². The van der Waals surface area contributed by atoms with E-state index in [4.69, 9.17) is 0 Å². The van der Waals surface area contributed by atoms with Gasteiger partial charge in [-0.05, 0) is 32.5 Å². The fraction of sp³-hybridized carbons (Fsp3) is 0.444. The lowest BCUT2D eigenvalue weighted by Crippen LogP contribution is -2.30. The maximum absolute atomic E-state index is 12.3. The van der Waals surface area contributed by atoms with Crippen molar-refractivity contribution in [3.8, 4) is 11.1 Å². The van der Waals surface area contributed by atoms with Crippen molar-refractivity contribution in [2.24, 2.45) is 0 Å². The van der Waals surface area contributed by atoms with Gasteiger partial charge in [-0.1, -0.05) is 44.2 Å². The molecule has 1 aromatic carbocycles. The van der Waals surface area contributed by atoms with Crippen molar-refractivity contribution in [2.45, 2.75) is 34.2 Å². The topological polar surface area (TPSA) is 38.1 Å². The van der Waals surface area contributed by atoms with E-state index in [2.05, 4.69) is 28.3 Å². The van der Waals surface area contributed by atoms with Crippen LogP contribution in [0.15, 0.2) is 35.1 Å². The van der Waals surface area contributed by atoms with Gasteiger partial charge in [-0.15, -0.1) is 0 Å². The first-order valence-corrected chi connectivity index (χ1v) is 7.94. The number of aryl methyl sites for hydroxylation is 1. The third kappa shape index (κ3) is 3.45. The Hall–Kier alpha value is -1.94. The monoisotopic (exact) mass is 299 g/mol. The first kappa shape index (κ1) is 16.4. The smallest absolute Gasteiger partial charge is 0.281 e. The summed E-state index contributed by atoms with van der Waals surface area (Å²) in [6.07, 6.45) is 0. The predicted octanol–water partition coefficient (Wildman–Crippen LogP) is 2.87. The van der Waals surface area contributed by atoms with Gasteiger partial charge in [0.2, 0.25) is 0 Å². The highest BCUT2D eigenvalue weighted by Crippen LogP contribution is 2.19. The number of hydrogen-bond acceptors (Lipinski definition) is 3. The van der Waals surface area contributed by atoms with Gasteiger partial charge >= 0.3 is 0 Å². The van der Waals surface area contributed by atoms with E-state index >= 15 is 0 Å². The first-order valence-electron chi connectivity index (χ1n) is 7.94. The molecule has 1 heterocycles. The second-order valence-electron chi connectivity index (χ2n) is 5.47. The fourth-order valence-electron chi connectivity index (χ4n) is 2.84. The number of benzene rings is 1. The standard InChI is InChI=1S/C18H25N3O/c1-5-20(6-2)12-13-21-14(3)17(18(22)19-15(21)4)16-10-8-7-9-11-16/h7-11H,5-6,12-13H2,1-4H3. The Balaban J connectivity index is 2.41. The minimum Gasteiger partial charge on any atom is -0.332 e. The molecular formula is C18H25N3O. The Labute approximate surface area is 132 Å². The van der Waals surface area contributed by atoms with Crippen LogP contribution < -0.4 is 5.56 Å². The van der Waals surface area contributed by atoms with E-state index in [1.54, 1.807) is 0 Å². The van der Waals surface area contributed by atoms with E-state index in [1.807, 2.05) is 44.2 Å². The average Bonchev–Trinajstić information content (AvgIpc) is 2.51. The van der Waals surface area contributed by atoms with Gasteiger partial charge < -0.3 is 9.47 Å². The maximum atomic E-state index is 12.3. The number of likely N-dealkylation sites (N-methyl/N-ethyl adjacent to an activating group) is 1. The highest BCUT2D eigenvalue weighted by molar-refractivity contribution is 5.64. The Morgan fingerprint density at radius 1 is 1.09 bits per heavy atom. The fourth-order valence-corrected chi connectivity index (χ4v) is 2.84. The van der Waals surface area contributed by atoms with Gasteiger partial charge in [0.25, 0.3) is 5.56 Å². The van der Waals surface area contributed by atoms with Crippen molar-refractivity contribution in [2.75, 3.05) is 19.6 Å². The Kier molecular flexibility index (Phi) is 5.50. The molecule has 0 unspecified atom stereocenters. The third-order valence-electron chi connectivity index (χ3n) is 4.23. The molecule has 0 bridgehead atoms. The molecule has 0 aliphatic carbocycles. The van der Waals surface area contributed by atoms with Crippen molar-refractivity contribution in [3.63, 3.8) is 0 Å². The van der Waals surface area contributed by atoms with Crippen LogP contribution in [-0.4, -0.2) is 34.1 Å². The zero-order valence-electron chi connectivity index (χ0n) is 14.0. The molecule has 0 amide bonds. The summed E-state index contributed by atoms with van der Waals surface area (Å²) in [5.74, 6) is 0.786. The Morgan fingerprint density at radius 3 is 2.32 bits per heavy atom. The van der Waals surface area contributed by atoms with Gasteiger partial charge in [0.05, 0.1) is 5.56 Å². The molecule has 0 saturated heterocycles. The molecule has 0 atom stereocenters.